The average molecular weight is 535 g/mol. The van der Waals surface area contributed by atoms with Crippen LogP contribution in [0.5, 0.6) is 0 Å². The average Bonchev–Trinajstić information content (AvgIpc) is 3.62. The van der Waals surface area contributed by atoms with E-state index in [0.29, 0.717) is 21.0 Å². The fourth-order valence-electron chi connectivity index (χ4n) is 3.58. The van der Waals surface area contributed by atoms with E-state index in [4.69, 9.17) is 0 Å². The highest BCUT2D eigenvalue weighted by molar-refractivity contribution is 7.99. The number of nitrogens with zero attached hydrogens (tertiary/aromatic N) is 4. The maximum absolute atomic E-state index is 12.7. The first-order valence-electron chi connectivity index (χ1n) is 11.1. The van der Waals surface area contributed by atoms with Gasteiger partial charge < -0.3 is 10.6 Å². The van der Waals surface area contributed by atoms with Gasteiger partial charge in [0.25, 0.3) is 5.91 Å². The Morgan fingerprint density at radius 1 is 1.06 bits per heavy atom. The molecule has 0 aliphatic rings. The second kappa shape index (κ2) is 10.6. The molecule has 0 spiro atoms. The molecule has 11 heteroatoms. The molecule has 0 aliphatic heterocycles. The second-order valence-electron chi connectivity index (χ2n) is 8.01. The smallest absolute Gasteiger partial charge is 0.261 e. The van der Waals surface area contributed by atoms with E-state index in [9.17, 15) is 9.59 Å². The van der Waals surface area contributed by atoms with Crippen LogP contribution < -0.4 is 10.6 Å². The minimum absolute atomic E-state index is 0.139. The Hall–Kier alpha value is -3.54. The Balaban J connectivity index is 1.34. The third-order valence-corrected chi connectivity index (χ3v) is 8.08. The zero-order chi connectivity index (χ0) is 25.1. The number of thiophene rings is 1. The molecule has 2 aromatic carbocycles. The number of para-hydroxylation sites is 1. The topological polar surface area (TPSA) is 102 Å². The standard InChI is InChI=1S/C25H22N6O2S3/c1-15-9-10-16(2)18(12-15)31-21(13-26-23(33)20-8-5-11-34-20)29-30-25(31)35-14-22(32)28-24-27-17-6-3-4-7-19(17)36-24/h3-12H,13-14H2,1-2H3,(H,26,33)(H,27,28,32). The SMILES string of the molecule is Cc1ccc(C)c(-n2c(CNC(=O)c3cccs3)nnc2SCC(=O)Nc2nc3ccccc3s2)c1. The minimum Gasteiger partial charge on any atom is -0.344 e. The van der Waals surface area contributed by atoms with Crippen molar-refractivity contribution in [2.45, 2.75) is 25.5 Å². The number of carbonyl (C=O) groups excluding carboxylic acids is 2. The van der Waals surface area contributed by atoms with Crippen molar-refractivity contribution in [3.8, 4) is 5.69 Å². The monoisotopic (exact) mass is 534 g/mol. The first-order chi connectivity index (χ1) is 17.5. The summed E-state index contributed by atoms with van der Waals surface area (Å²) in [6.45, 7) is 4.23. The molecule has 2 amide bonds. The molecule has 3 aromatic heterocycles. The van der Waals surface area contributed by atoms with Gasteiger partial charge in [-0.3, -0.25) is 14.2 Å². The van der Waals surface area contributed by atoms with E-state index in [1.807, 2.05) is 66.3 Å². The Labute approximate surface area is 219 Å². The predicted octanol–water partition coefficient (Wildman–Crippen LogP) is 5.22. The molecule has 3 heterocycles. The van der Waals surface area contributed by atoms with Crippen LogP contribution in [0.2, 0.25) is 0 Å². The van der Waals surface area contributed by atoms with Crippen LogP contribution in [0.3, 0.4) is 0 Å². The van der Waals surface area contributed by atoms with Crippen LogP contribution in [-0.2, 0) is 11.3 Å². The highest BCUT2D eigenvalue weighted by Gasteiger charge is 2.19. The van der Waals surface area contributed by atoms with Gasteiger partial charge in [-0.2, -0.15) is 0 Å². The van der Waals surface area contributed by atoms with Gasteiger partial charge in [0.2, 0.25) is 5.91 Å². The van der Waals surface area contributed by atoms with Crippen LogP contribution >= 0.6 is 34.4 Å². The van der Waals surface area contributed by atoms with Crippen LogP contribution in [0, 0.1) is 13.8 Å². The number of fused-ring (bicyclic) bond motifs is 1. The van der Waals surface area contributed by atoms with Crippen LogP contribution in [0.1, 0.15) is 26.6 Å². The molecule has 5 aromatic rings. The van der Waals surface area contributed by atoms with Crippen molar-refractivity contribution in [1.29, 1.82) is 0 Å². The fraction of sp³-hybridized carbons (Fsp3) is 0.160. The summed E-state index contributed by atoms with van der Waals surface area (Å²) in [5.41, 5.74) is 3.89. The lowest BCUT2D eigenvalue weighted by Crippen LogP contribution is -2.24. The zero-order valence-corrected chi connectivity index (χ0v) is 22.0. The number of thiazole rings is 1. The molecular weight excluding hydrogens is 513 g/mol. The molecular formula is C25H22N6O2S3. The number of anilines is 1. The zero-order valence-electron chi connectivity index (χ0n) is 19.5. The second-order valence-corrected chi connectivity index (χ2v) is 10.9. The van der Waals surface area contributed by atoms with Gasteiger partial charge in [-0.05, 0) is 54.6 Å². The van der Waals surface area contributed by atoms with Crippen LogP contribution in [-0.4, -0.2) is 37.3 Å². The van der Waals surface area contributed by atoms with Gasteiger partial charge in [-0.15, -0.1) is 21.5 Å². The molecule has 0 unspecified atom stereocenters. The third-order valence-electron chi connectivity index (χ3n) is 5.33. The predicted molar refractivity (Wildman–Crippen MR) is 145 cm³/mol. The quantitative estimate of drug-likeness (QED) is 0.265. The van der Waals surface area contributed by atoms with Crippen molar-refractivity contribution < 1.29 is 9.59 Å². The number of aromatic nitrogens is 4. The number of benzene rings is 2. The number of hydrogen-bond donors (Lipinski definition) is 2. The van der Waals surface area contributed by atoms with Crippen molar-refractivity contribution in [2.75, 3.05) is 11.1 Å². The lowest BCUT2D eigenvalue weighted by molar-refractivity contribution is -0.113. The van der Waals surface area contributed by atoms with Crippen molar-refractivity contribution in [3.63, 3.8) is 0 Å². The van der Waals surface area contributed by atoms with E-state index >= 15 is 0 Å². The molecule has 0 bridgehead atoms. The van der Waals surface area contributed by atoms with Crippen LogP contribution in [0.25, 0.3) is 15.9 Å². The maximum Gasteiger partial charge on any atom is 0.261 e. The van der Waals surface area contributed by atoms with E-state index in [2.05, 4.69) is 31.9 Å². The summed E-state index contributed by atoms with van der Waals surface area (Å²) in [5.74, 6) is 0.384. The number of amides is 2. The van der Waals surface area contributed by atoms with Crippen molar-refractivity contribution >= 4 is 61.6 Å². The van der Waals surface area contributed by atoms with E-state index in [1.165, 1.54) is 34.4 Å². The summed E-state index contributed by atoms with van der Waals surface area (Å²) in [7, 11) is 0. The van der Waals surface area contributed by atoms with Crippen molar-refractivity contribution in [2.24, 2.45) is 0 Å². The Morgan fingerprint density at radius 3 is 2.72 bits per heavy atom. The molecule has 0 saturated heterocycles. The molecule has 36 heavy (non-hydrogen) atoms. The number of thioether (sulfide) groups is 1. The van der Waals surface area contributed by atoms with Crippen LogP contribution in [0.4, 0.5) is 5.13 Å². The number of rotatable bonds is 8. The number of hydrogen-bond acceptors (Lipinski definition) is 8. The highest BCUT2D eigenvalue weighted by Crippen LogP contribution is 2.27. The Morgan fingerprint density at radius 2 is 1.92 bits per heavy atom. The van der Waals surface area contributed by atoms with E-state index in [-0.39, 0.29) is 24.1 Å². The summed E-state index contributed by atoms with van der Waals surface area (Å²) >= 11 is 4.11. The lowest BCUT2D eigenvalue weighted by Gasteiger charge is -2.14. The maximum atomic E-state index is 12.7. The summed E-state index contributed by atoms with van der Waals surface area (Å²) in [5, 5.41) is 17.5. The van der Waals surface area contributed by atoms with Gasteiger partial charge in [0, 0.05) is 0 Å². The van der Waals surface area contributed by atoms with E-state index in [1.54, 1.807) is 6.07 Å². The van der Waals surface area contributed by atoms with Gasteiger partial charge in [0.15, 0.2) is 16.1 Å². The van der Waals surface area contributed by atoms with E-state index in [0.717, 1.165) is 27.0 Å². The summed E-state index contributed by atoms with van der Waals surface area (Å²) in [6, 6.07) is 17.5. The lowest BCUT2D eigenvalue weighted by atomic mass is 10.1. The van der Waals surface area contributed by atoms with Gasteiger partial charge in [-0.25, -0.2) is 4.98 Å². The van der Waals surface area contributed by atoms with E-state index < -0.39 is 0 Å². The molecule has 0 fully saturated rings. The highest BCUT2D eigenvalue weighted by atomic mass is 32.2. The molecule has 0 radical (unpaired) electrons. The van der Waals surface area contributed by atoms with Gasteiger partial charge in [0.05, 0.1) is 33.1 Å². The van der Waals surface area contributed by atoms with Crippen molar-refractivity contribution in [1.82, 2.24) is 25.1 Å². The molecule has 2 N–H and O–H groups in total. The molecule has 0 atom stereocenters. The number of aryl methyl sites for hydroxylation is 2. The molecule has 0 aliphatic carbocycles. The Bertz CT molecular complexity index is 1510. The Kier molecular flexibility index (Phi) is 7.12. The molecule has 0 saturated carbocycles. The van der Waals surface area contributed by atoms with Gasteiger partial charge >= 0.3 is 0 Å². The summed E-state index contributed by atoms with van der Waals surface area (Å²) in [6.07, 6.45) is 0. The molecule has 182 valence electrons. The number of carbonyl (C=O) groups is 2. The molecule has 8 nitrogen and oxygen atoms in total. The molecule has 5 rings (SSSR count). The fourth-order valence-corrected chi connectivity index (χ4v) is 5.86. The van der Waals surface area contributed by atoms with Gasteiger partial charge in [0.1, 0.15) is 0 Å². The van der Waals surface area contributed by atoms with Crippen LogP contribution in [0.15, 0.2) is 65.1 Å². The normalized spacial score (nSPS) is 11.1. The first kappa shape index (κ1) is 24.2. The largest absolute Gasteiger partial charge is 0.344 e. The summed E-state index contributed by atoms with van der Waals surface area (Å²) < 4.78 is 2.93. The van der Waals surface area contributed by atoms with Gasteiger partial charge in [-0.1, -0.05) is 53.4 Å². The third kappa shape index (κ3) is 5.32. The first-order valence-corrected chi connectivity index (χ1v) is 13.8. The number of nitrogens with one attached hydrogen (secondary N) is 2. The summed E-state index contributed by atoms with van der Waals surface area (Å²) in [4.78, 5) is 30.3. The van der Waals surface area contributed by atoms with Crippen molar-refractivity contribution in [3.05, 3.63) is 81.8 Å². The minimum atomic E-state index is -0.179.